The maximum atomic E-state index is 12.2. The minimum absolute atomic E-state index is 0.00959. The van der Waals surface area contributed by atoms with E-state index in [0.29, 0.717) is 12.1 Å². The van der Waals surface area contributed by atoms with Gasteiger partial charge in [0.2, 0.25) is 0 Å². The summed E-state index contributed by atoms with van der Waals surface area (Å²) in [5.41, 5.74) is 1.26. The van der Waals surface area contributed by atoms with Crippen molar-refractivity contribution in [2.45, 2.75) is 25.5 Å². The number of hydrogen-bond acceptors (Lipinski definition) is 4. The van der Waals surface area contributed by atoms with Gasteiger partial charge in [-0.3, -0.25) is 9.69 Å². The first kappa shape index (κ1) is 18.3. The second-order valence-corrected chi connectivity index (χ2v) is 6.53. The van der Waals surface area contributed by atoms with Gasteiger partial charge in [0, 0.05) is 12.1 Å². The van der Waals surface area contributed by atoms with Crippen molar-refractivity contribution < 1.29 is 15.0 Å². The summed E-state index contributed by atoms with van der Waals surface area (Å²) in [7, 11) is 1.96. The average molecular weight is 327 g/mol. The molecule has 0 amide bonds. The maximum absolute atomic E-state index is 12.2. The molecule has 128 valence electrons. The second-order valence-electron chi connectivity index (χ2n) is 6.53. The van der Waals surface area contributed by atoms with Crippen LogP contribution in [0.15, 0.2) is 54.6 Å². The summed E-state index contributed by atoms with van der Waals surface area (Å²) >= 11 is 0. The highest BCUT2D eigenvalue weighted by Crippen LogP contribution is 2.28. The Morgan fingerprint density at radius 3 is 2.08 bits per heavy atom. The molecule has 0 aliphatic carbocycles. The van der Waals surface area contributed by atoms with E-state index in [9.17, 15) is 15.0 Å². The van der Waals surface area contributed by atoms with E-state index >= 15 is 0 Å². The number of likely N-dealkylation sites (N-methyl/N-ethyl adjacent to an activating group) is 1. The Balaban J connectivity index is 2.35. The lowest BCUT2D eigenvalue weighted by Gasteiger charge is -2.28. The fourth-order valence-corrected chi connectivity index (χ4v) is 2.79. The second kappa shape index (κ2) is 7.71. The van der Waals surface area contributed by atoms with Crippen molar-refractivity contribution >= 4 is 5.78 Å². The van der Waals surface area contributed by atoms with Gasteiger partial charge in [-0.05, 0) is 32.0 Å². The number of Topliss-reactive ketones (excluding diaryl/α,β-unsaturated/α-hetero) is 1. The fourth-order valence-electron chi connectivity index (χ4n) is 2.79. The van der Waals surface area contributed by atoms with E-state index in [0.717, 1.165) is 11.1 Å². The van der Waals surface area contributed by atoms with Crippen LogP contribution in [0.5, 0.6) is 0 Å². The summed E-state index contributed by atoms with van der Waals surface area (Å²) in [5.74, 6) is -0.297. The first-order valence-electron chi connectivity index (χ1n) is 8.08. The summed E-state index contributed by atoms with van der Waals surface area (Å²) < 4.78 is 0. The Morgan fingerprint density at radius 2 is 1.58 bits per heavy atom. The molecule has 0 saturated carbocycles. The van der Waals surface area contributed by atoms with Gasteiger partial charge in [-0.1, -0.05) is 54.6 Å². The van der Waals surface area contributed by atoms with Gasteiger partial charge in [-0.25, -0.2) is 0 Å². The minimum Gasteiger partial charge on any atom is -0.395 e. The number of rotatable bonds is 7. The molecule has 24 heavy (non-hydrogen) atoms. The highest BCUT2D eigenvalue weighted by Gasteiger charge is 2.26. The Labute approximate surface area is 143 Å². The molecule has 0 heterocycles. The highest BCUT2D eigenvalue weighted by atomic mass is 16.3. The van der Waals surface area contributed by atoms with Gasteiger partial charge >= 0.3 is 0 Å². The number of benzene rings is 2. The Kier molecular flexibility index (Phi) is 5.89. The first-order valence-corrected chi connectivity index (χ1v) is 8.08. The van der Waals surface area contributed by atoms with Crippen LogP contribution in [0.25, 0.3) is 0 Å². The van der Waals surface area contributed by atoms with Crippen LogP contribution in [0.2, 0.25) is 0 Å². The largest absolute Gasteiger partial charge is 0.395 e. The SMILES string of the molecule is CN(CCO)C(c1ccccc1)c1ccc(C(=O)C(C)(C)O)cc1. The molecule has 2 aromatic rings. The number of hydrogen-bond donors (Lipinski definition) is 2. The van der Waals surface area contributed by atoms with E-state index in [-0.39, 0.29) is 18.4 Å². The Bertz CT molecular complexity index is 660. The third-order valence-corrected chi connectivity index (χ3v) is 4.05. The zero-order valence-electron chi connectivity index (χ0n) is 14.4. The normalized spacial score (nSPS) is 13.1. The lowest BCUT2D eigenvalue weighted by atomic mass is 9.93. The maximum Gasteiger partial charge on any atom is 0.193 e. The molecule has 2 aromatic carbocycles. The van der Waals surface area contributed by atoms with Gasteiger partial charge in [0.25, 0.3) is 0 Å². The van der Waals surface area contributed by atoms with E-state index in [1.807, 2.05) is 37.4 Å². The van der Waals surface area contributed by atoms with Gasteiger partial charge in [-0.15, -0.1) is 0 Å². The lowest BCUT2D eigenvalue weighted by Crippen LogP contribution is -2.31. The molecule has 0 aliphatic rings. The van der Waals surface area contributed by atoms with Crippen molar-refractivity contribution in [3.05, 3.63) is 71.3 Å². The Morgan fingerprint density at radius 1 is 1.04 bits per heavy atom. The summed E-state index contributed by atoms with van der Waals surface area (Å²) in [5, 5.41) is 19.1. The van der Waals surface area contributed by atoms with Gasteiger partial charge in [0.05, 0.1) is 12.6 Å². The van der Waals surface area contributed by atoms with E-state index in [1.54, 1.807) is 12.1 Å². The van der Waals surface area contributed by atoms with Crippen LogP contribution < -0.4 is 0 Å². The monoisotopic (exact) mass is 327 g/mol. The van der Waals surface area contributed by atoms with Crippen LogP contribution in [0.1, 0.15) is 41.4 Å². The zero-order chi connectivity index (χ0) is 17.7. The number of carbonyl (C=O) groups excluding carboxylic acids is 1. The smallest absolute Gasteiger partial charge is 0.193 e. The molecule has 0 aliphatic heterocycles. The van der Waals surface area contributed by atoms with Crippen molar-refractivity contribution in [1.82, 2.24) is 4.90 Å². The van der Waals surface area contributed by atoms with E-state index < -0.39 is 5.60 Å². The molecule has 1 atom stereocenters. The van der Waals surface area contributed by atoms with Gasteiger partial charge in [0.15, 0.2) is 5.78 Å². The predicted molar refractivity (Wildman–Crippen MR) is 95.1 cm³/mol. The topological polar surface area (TPSA) is 60.8 Å². The number of nitrogens with zero attached hydrogens (tertiary/aromatic N) is 1. The number of aliphatic hydroxyl groups is 2. The van der Waals surface area contributed by atoms with Crippen molar-refractivity contribution in [2.75, 3.05) is 20.2 Å². The molecule has 2 rings (SSSR count). The molecule has 0 bridgehead atoms. The molecule has 4 nitrogen and oxygen atoms in total. The molecule has 4 heteroatoms. The summed E-state index contributed by atoms with van der Waals surface area (Å²) in [6.45, 7) is 3.61. The molecular formula is C20H25NO3. The Hall–Kier alpha value is -2.01. The third-order valence-electron chi connectivity index (χ3n) is 4.05. The van der Waals surface area contributed by atoms with Crippen molar-refractivity contribution in [1.29, 1.82) is 0 Å². The summed E-state index contributed by atoms with van der Waals surface area (Å²) in [6.07, 6.45) is 0. The minimum atomic E-state index is -1.38. The molecule has 0 saturated heterocycles. The number of aliphatic hydroxyl groups excluding tert-OH is 1. The average Bonchev–Trinajstić information content (AvgIpc) is 2.55. The predicted octanol–water partition coefficient (Wildman–Crippen LogP) is 2.65. The molecule has 0 spiro atoms. The van der Waals surface area contributed by atoms with Crippen molar-refractivity contribution in [2.24, 2.45) is 0 Å². The van der Waals surface area contributed by atoms with E-state index in [2.05, 4.69) is 17.0 Å². The molecular weight excluding hydrogens is 302 g/mol. The van der Waals surface area contributed by atoms with Crippen molar-refractivity contribution in [3.8, 4) is 0 Å². The van der Waals surface area contributed by atoms with Crippen LogP contribution >= 0.6 is 0 Å². The van der Waals surface area contributed by atoms with Gasteiger partial charge in [0.1, 0.15) is 5.60 Å². The van der Waals surface area contributed by atoms with Crippen LogP contribution in [0, 0.1) is 0 Å². The molecule has 1 unspecified atom stereocenters. The molecule has 0 radical (unpaired) electrons. The number of carbonyl (C=O) groups is 1. The third kappa shape index (κ3) is 4.29. The van der Waals surface area contributed by atoms with Gasteiger partial charge in [-0.2, -0.15) is 0 Å². The van der Waals surface area contributed by atoms with Crippen molar-refractivity contribution in [3.63, 3.8) is 0 Å². The van der Waals surface area contributed by atoms with Crippen LogP contribution in [-0.2, 0) is 0 Å². The van der Waals surface area contributed by atoms with E-state index in [4.69, 9.17) is 0 Å². The fraction of sp³-hybridized carbons (Fsp3) is 0.350. The highest BCUT2D eigenvalue weighted by molar-refractivity contribution is 6.01. The first-order chi connectivity index (χ1) is 11.3. The molecule has 0 fully saturated rings. The quantitative estimate of drug-likeness (QED) is 0.768. The summed E-state index contributed by atoms with van der Waals surface area (Å²) in [6, 6.07) is 17.3. The zero-order valence-corrected chi connectivity index (χ0v) is 14.4. The molecule has 0 aromatic heterocycles. The lowest BCUT2D eigenvalue weighted by molar-refractivity contribution is 0.0488. The van der Waals surface area contributed by atoms with Gasteiger partial charge < -0.3 is 10.2 Å². The van der Waals surface area contributed by atoms with E-state index in [1.165, 1.54) is 13.8 Å². The molecule has 2 N–H and O–H groups in total. The van der Waals surface area contributed by atoms with Crippen LogP contribution in [-0.4, -0.2) is 46.7 Å². The standard InChI is InChI=1S/C20H25NO3/c1-20(2,24)19(23)17-11-9-16(10-12-17)18(21(3)13-14-22)15-7-5-4-6-8-15/h4-12,18,22,24H,13-14H2,1-3H3. The summed E-state index contributed by atoms with van der Waals surface area (Å²) in [4.78, 5) is 14.2. The van der Waals surface area contributed by atoms with Crippen LogP contribution in [0.4, 0.5) is 0 Å². The number of ketones is 1. The van der Waals surface area contributed by atoms with Crippen LogP contribution in [0.3, 0.4) is 0 Å².